The average molecular weight is 1970 g/mol. The number of fused-ring (bicyclic) bond motifs is 3. The van der Waals surface area contributed by atoms with Gasteiger partial charge in [-0.1, -0.05) is 244 Å². The molecule has 1 aromatic rings. The minimum absolute atomic E-state index is 0.0115. The molecule has 0 radical (unpaired) electrons. The third-order valence-corrected chi connectivity index (χ3v) is 32.6. The standard InChI is InChI=1S/C39H61N5O6.C35H59N5O6.C34H51N5O6/c1-9-11-18-27(30(45)33(47)40-23-10-2)41-32(46)29-28-26(37(28,6)7)24-44(29)34(48)31(38(8)19-14-12-15-20-38)42-35(49)43-39(21-16-13-17-22-39)25-50-36(3,4)5;1-10-12-16-23(27(41)30(43)36-19-11-2)37-29(42)26-25-22(34(25,6)7)20-40(26)31(44)28(35(8)17-14-13-15-18-35)39-32(45)38-24(21-46-9)33(3,4)5;1-18(2)24(27(45-8)20-12-10-9-11-13-20)37-32(44)38-28(33(3,4)5)31(43)39-17-21-23(34(21,6)7)25(39)30(42)36-22(16-19-14-15-19)26(40)29(35)41/h1,10,26-29,31H,2,11-25H2,3-8H3,(H,40,47)(H,41,46)(H2,42,43,49);11,22-26,28H,2,10,12-21H2,1,3-9H3,(H,36,43)(H,37,42)(H2,38,39,45);9-13,18-19,21-25,27-28H,14-17H2,1-8H3,(H2,35,41)(H,36,42)(H2,37,38,44)/t26?,27?,28?,29-,31+;22?,23?,24-,25?,26+,28-;21-,22?,23-,24-,25-,27+,28+/m010/s1. The van der Waals surface area contributed by atoms with Crippen molar-refractivity contribution in [2.24, 2.45) is 91.0 Å². The monoisotopic (exact) mass is 1970 g/mol. The van der Waals surface area contributed by atoms with E-state index in [0.29, 0.717) is 52.1 Å². The number of nitrogens with two attached hydrogens (primary N) is 1. The quantitative estimate of drug-likeness (QED) is 0.0164. The Morgan fingerprint density at radius 2 is 0.943 bits per heavy atom. The smallest absolute Gasteiger partial charge is 0.315 e. The fourth-order valence-electron chi connectivity index (χ4n) is 23.2. The zero-order valence-electron chi connectivity index (χ0n) is 88.6. The Morgan fingerprint density at radius 3 is 1.33 bits per heavy atom. The summed E-state index contributed by atoms with van der Waals surface area (Å²) >= 11 is 0. The number of amides is 15. The average Bonchev–Trinajstić information content (AvgIpc) is 1.52. The number of rotatable bonds is 42. The first-order chi connectivity index (χ1) is 66.0. The first-order valence-corrected chi connectivity index (χ1v) is 51.9. The van der Waals surface area contributed by atoms with Crippen molar-refractivity contribution in [2.45, 2.75) is 370 Å². The number of methoxy groups -OCH3 is 2. The van der Waals surface area contributed by atoms with Crippen LogP contribution in [0.15, 0.2) is 55.6 Å². The molecule has 0 bridgehead atoms. The SMILES string of the molecule is C#CCCC(NC(=O)[C@@H]1C2C(CN1C(=O)[C@@H](NC(=O)NC1(COC(C)(C)C)CCCCC1)C1(C)CCCCC1)C2(C)C)C(=O)C(=O)NCC=C.C=CCNC(=O)C(=O)C(CCCC)NC(=O)[C@@H]1C2C(CN1C(=O)[C@@H](NC(=O)N[C@H](COC)C(C)(C)C)C1(C)CCCCC1)C2(C)C.CO[C@H](c1ccccc1)[C@@H](NC(=O)N[C@H](C(=O)N1C[C@H]2[C@@H]([C@H]1C(=O)NC(CC1CC1)C(=O)C(N)=O)C2(C)C)C(C)(C)C)C(C)C. The number of unbranched alkanes of at least 4 members (excludes halogenated alkanes) is 1. The van der Waals surface area contributed by atoms with E-state index in [1.165, 1.54) is 12.2 Å². The molecule has 7 saturated carbocycles. The van der Waals surface area contributed by atoms with Gasteiger partial charge in [-0.25, -0.2) is 14.4 Å². The number of nitrogens with one attached hydrogen (secondary N) is 11. The minimum atomic E-state index is -1.14. The van der Waals surface area contributed by atoms with Crippen LogP contribution in [0, 0.1) is 97.6 Å². The first kappa shape index (κ1) is 115. The third-order valence-electron chi connectivity index (χ3n) is 32.6. The van der Waals surface area contributed by atoms with Crippen molar-refractivity contribution >= 4 is 88.6 Å². The molecule has 786 valence electrons. The van der Waals surface area contributed by atoms with Gasteiger partial charge in [0.2, 0.25) is 52.8 Å². The maximum absolute atomic E-state index is 14.8. The summed E-state index contributed by atoms with van der Waals surface area (Å²) < 4.78 is 17.4. The maximum atomic E-state index is 14.8. The molecule has 18 atom stereocenters. The Morgan fingerprint density at radius 1 is 0.525 bits per heavy atom. The summed E-state index contributed by atoms with van der Waals surface area (Å²) in [7, 11) is 3.19. The van der Waals surface area contributed by atoms with Crippen LogP contribution in [0.1, 0.15) is 298 Å². The van der Waals surface area contributed by atoms with Crippen molar-refractivity contribution in [3.63, 3.8) is 0 Å². The zero-order chi connectivity index (χ0) is 105. The number of likely N-dealkylation sites (tertiary alicyclic amines) is 3. The molecule has 141 heavy (non-hydrogen) atoms. The molecule has 33 nitrogen and oxygen atoms in total. The van der Waals surface area contributed by atoms with Gasteiger partial charge in [0.25, 0.3) is 17.7 Å². The highest BCUT2D eigenvalue weighted by Crippen LogP contribution is 2.67. The van der Waals surface area contributed by atoms with Gasteiger partial charge in [-0.3, -0.25) is 57.5 Å². The van der Waals surface area contributed by atoms with Gasteiger partial charge in [-0.2, -0.15) is 0 Å². The highest BCUT2D eigenvalue weighted by Gasteiger charge is 2.73. The van der Waals surface area contributed by atoms with Gasteiger partial charge < -0.3 is 93.1 Å². The Balaban J connectivity index is 0.000000237. The lowest BCUT2D eigenvalue weighted by molar-refractivity contribution is -0.146. The van der Waals surface area contributed by atoms with E-state index in [-0.39, 0.29) is 124 Å². The van der Waals surface area contributed by atoms with Gasteiger partial charge in [0.15, 0.2) is 0 Å². The van der Waals surface area contributed by atoms with E-state index < -0.39 is 159 Å². The predicted molar refractivity (Wildman–Crippen MR) is 540 cm³/mol. The number of terminal acetylenes is 1. The van der Waals surface area contributed by atoms with Crippen molar-refractivity contribution in [1.29, 1.82) is 0 Å². The van der Waals surface area contributed by atoms with Crippen LogP contribution in [0.4, 0.5) is 14.4 Å². The largest absolute Gasteiger partial charge is 0.383 e. The molecule has 10 fully saturated rings. The maximum Gasteiger partial charge on any atom is 0.315 e. The van der Waals surface area contributed by atoms with Crippen molar-refractivity contribution in [2.75, 3.05) is 60.2 Å². The lowest BCUT2D eigenvalue weighted by atomic mass is 9.70. The summed E-state index contributed by atoms with van der Waals surface area (Å²) in [6.07, 6.45) is 26.0. The topological polar surface area (TPSA) is 452 Å². The molecule has 3 aliphatic heterocycles. The van der Waals surface area contributed by atoms with Gasteiger partial charge in [0, 0.05) is 53.4 Å². The summed E-state index contributed by atoms with van der Waals surface area (Å²) in [4.78, 5) is 208. The number of urea groups is 3. The molecule has 10 aliphatic rings. The zero-order valence-corrected chi connectivity index (χ0v) is 88.6. The second-order valence-electron chi connectivity index (χ2n) is 47.8. The van der Waals surface area contributed by atoms with Crippen LogP contribution < -0.4 is 64.2 Å². The molecule has 3 heterocycles. The fraction of sp³-hybridized carbons (Fsp3) is 0.750. The summed E-state index contributed by atoms with van der Waals surface area (Å²) in [5, 5.41) is 31.9. The number of carbonyl (C=O) groups is 15. The van der Waals surface area contributed by atoms with Crippen molar-refractivity contribution < 1.29 is 86.1 Å². The molecular weight excluding hydrogens is 1800 g/mol. The number of primary amides is 1. The number of ketones is 3. The van der Waals surface area contributed by atoms with Gasteiger partial charge in [0.1, 0.15) is 42.4 Å². The molecule has 33 heteroatoms. The molecule has 7 aliphatic carbocycles. The molecule has 3 saturated heterocycles. The second-order valence-corrected chi connectivity index (χ2v) is 47.8. The lowest BCUT2D eigenvalue weighted by Gasteiger charge is -2.44. The van der Waals surface area contributed by atoms with E-state index in [2.05, 4.69) is 133 Å². The van der Waals surface area contributed by atoms with E-state index >= 15 is 0 Å². The van der Waals surface area contributed by atoms with E-state index in [0.717, 1.165) is 121 Å². The minimum Gasteiger partial charge on any atom is -0.383 e. The van der Waals surface area contributed by atoms with Crippen molar-refractivity contribution in [3.05, 3.63) is 61.2 Å². The van der Waals surface area contributed by atoms with Crippen LogP contribution in [0.3, 0.4) is 0 Å². The van der Waals surface area contributed by atoms with Crippen molar-refractivity contribution in [3.8, 4) is 12.3 Å². The Kier molecular flexibility index (Phi) is 38.9. The molecule has 13 N–H and O–H groups in total. The Labute approximate surface area is 838 Å². The summed E-state index contributed by atoms with van der Waals surface area (Å²) in [6, 6.07) is -0.692. The number of benzene rings is 1. The Bertz CT molecular complexity index is 4670. The molecule has 1 aromatic carbocycles. The van der Waals surface area contributed by atoms with E-state index in [4.69, 9.17) is 26.4 Å². The number of piperidine rings is 3. The highest BCUT2D eigenvalue weighted by molar-refractivity contribution is 6.39. The number of nitrogens with zero attached hydrogens (tertiary/aromatic N) is 3. The normalized spacial score (nSPS) is 25.1. The number of carbonyl (C=O) groups excluding carboxylic acids is 15. The lowest BCUT2D eigenvalue weighted by Crippen LogP contribution is -2.64. The number of Topliss-reactive ketones (excluding diaryl/α,β-unsaturated/α-hetero) is 3. The highest BCUT2D eigenvalue weighted by atomic mass is 16.5. The van der Waals surface area contributed by atoms with Gasteiger partial charge in [0.05, 0.1) is 54.6 Å². The molecular formula is C108H171N15O18. The van der Waals surface area contributed by atoms with E-state index in [9.17, 15) is 71.9 Å². The molecule has 0 aromatic heterocycles. The molecule has 15 amide bonds. The second kappa shape index (κ2) is 47.8. The number of hydrogen-bond donors (Lipinski definition) is 12. The summed E-state index contributed by atoms with van der Waals surface area (Å²) in [6.45, 7) is 49.5. The van der Waals surface area contributed by atoms with E-state index in [1.54, 1.807) is 28.9 Å². The fourth-order valence-corrected chi connectivity index (χ4v) is 23.2. The van der Waals surface area contributed by atoms with Gasteiger partial charge >= 0.3 is 18.1 Å². The van der Waals surface area contributed by atoms with Crippen molar-refractivity contribution in [1.82, 2.24) is 73.2 Å². The predicted octanol–water partition coefficient (Wildman–Crippen LogP) is 11.0. The molecule has 7 unspecified atom stereocenters. The molecule has 0 spiro atoms. The van der Waals surface area contributed by atoms with E-state index in [1.807, 2.05) is 113 Å². The number of ether oxygens (including phenoxy) is 3. The summed E-state index contributed by atoms with van der Waals surface area (Å²) in [5.74, 6) is -4.60. The van der Waals surface area contributed by atoms with Crippen LogP contribution in [0.2, 0.25) is 0 Å². The number of hydrogen-bond acceptors (Lipinski definition) is 18. The summed E-state index contributed by atoms with van der Waals surface area (Å²) in [5.41, 5.74) is 2.85. The third kappa shape index (κ3) is 28.5. The van der Waals surface area contributed by atoms with Gasteiger partial charge in [-0.15, -0.1) is 25.5 Å². The molecule has 11 rings (SSSR count). The Hall–Kier alpha value is -9.81. The van der Waals surface area contributed by atoms with Crippen LogP contribution in [-0.4, -0.2) is 241 Å². The first-order valence-electron chi connectivity index (χ1n) is 51.9. The van der Waals surface area contributed by atoms with Gasteiger partial charge in [-0.05, 0) is 169 Å². The van der Waals surface area contributed by atoms with Crippen LogP contribution >= 0.6 is 0 Å². The van der Waals surface area contributed by atoms with Crippen LogP contribution in [0.25, 0.3) is 0 Å². The van der Waals surface area contributed by atoms with Crippen LogP contribution in [0.5, 0.6) is 0 Å². The van der Waals surface area contributed by atoms with Crippen LogP contribution in [-0.2, 0) is 71.7 Å².